The highest BCUT2D eigenvalue weighted by Gasteiger charge is 2.08. The smallest absolute Gasteiger partial charge is 0.223 e. The van der Waals surface area contributed by atoms with Crippen molar-refractivity contribution in [2.45, 2.75) is 13.0 Å². The summed E-state index contributed by atoms with van der Waals surface area (Å²) in [4.78, 5) is 16.3. The first-order valence-corrected chi connectivity index (χ1v) is 6.36. The van der Waals surface area contributed by atoms with E-state index in [0.717, 1.165) is 11.0 Å². The van der Waals surface area contributed by atoms with Crippen LogP contribution in [0.5, 0.6) is 0 Å². The van der Waals surface area contributed by atoms with Gasteiger partial charge in [-0.2, -0.15) is 0 Å². The molecule has 0 aliphatic rings. The molecule has 2 rings (SSSR count). The van der Waals surface area contributed by atoms with Crippen LogP contribution < -0.4 is 0 Å². The lowest BCUT2D eigenvalue weighted by molar-refractivity contribution is -0.128. The van der Waals surface area contributed by atoms with E-state index in [0.29, 0.717) is 22.8 Å². The minimum Gasteiger partial charge on any atom is -0.349 e. The van der Waals surface area contributed by atoms with Crippen molar-refractivity contribution in [1.29, 1.82) is 0 Å². The number of H-pyrrole nitrogens is 1. The average molecular weight is 284 g/mol. The van der Waals surface area contributed by atoms with Gasteiger partial charge in [0.15, 0.2) is 4.77 Å². The molecule has 0 spiro atoms. The number of carbonyl (C=O) groups excluding carboxylic acids is 1. The van der Waals surface area contributed by atoms with Crippen molar-refractivity contribution in [3.05, 3.63) is 28.0 Å². The Morgan fingerprint density at radius 1 is 1.50 bits per heavy atom. The van der Waals surface area contributed by atoms with Gasteiger partial charge in [-0.05, 0) is 30.4 Å². The Morgan fingerprint density at radius 3 is 2.89 bits per heavy atom. The third-order valence-electron chi connectivity index (χ3n) is 2.79. The molecule has 0 bridgehead atoms. The molecule has 0 saturated heterocycles. The van der Waals surface area contributed by atoms with Gasteiger partial charge in [0.2, 0.25) is 5.91 Å². The minimum absolute atomic E-state index is 0.0771. The number of aryl methyl sites for hydroxylation is 1. The highest BCUT2D eigenvalue weighted by Crippen LogP contribution is 2.19. The van der Waals surface area contributed by atoms with Gasteiger partial charge in [0.1, 0.15) is 0 Å². The summed E-state index contributed by atoms with van der Waals surface area (Å²) >= 11 is 11.2. The molecule has 0 aliphatic heterocycles. The molecule has 6 heteroatoms. The van der Waals surface area contributed by atoms with Crippen LogP contribution in [0.3, 0.4) is 0 Å². The predicted octanol–water partition coefficient (Wildman–Crippen LogP) is 2.83. The number of amides is 1. The second kappa shape index (κ2) is 5.12. The second-order valence-corrected chi connectivity index (χ2v) is 5.10. The van der Waals surface area contributed by atoms with E-state index in [1.165, 1.54) is 0 Å². The Balaban J connectivity index is 2.33. The molecule has 0 saturated carbocycles. The molecule has 4 nitrogen and oxygen atoms in total. The molecular weight excluding hydrogens is 270 g/mol. The first-order chi connectivity index (χ1) is 8.49. The van der Waals surface area contributed by atoms with Crippen LogP contribution in [0.15, 0.2) is 18.2 Å². The van der Waals surface area contributed by atoms with Crippen molar-refractivity contribution in [3.8, 4) is 0 Å². The zero-order chi connectivity index (χ0) is 13.3. The van der Waals surface area contributed by atoms with Gasteiger partial charge in [0.25, 0.3) is 0 Å². The van der Waals surface area contributed by atoms with Gasteiger partial charge in [-0.1, -0.05) is 11.6 Å². The minimum atomic E-state index is 0.0771. The van der Waals surface area contributed by atoms with Crippen LogP contribution in [-0.2, 0) is 11.3 Å². The first-order valence-electron chi connectivity index (χ1n) is 5.57. The number of fused-ring (bicyclic) bond motifs is 1. The fourth-order valence-electron chi connectivity index (χ4n) is 1.78. The highest BCUT2D eigenvalue weighted by atomic mass is 35.5. The summed E-state index contributed by atoms with van der Waals surface area (Å²) in [6.07, 6.45) is 0.417. The number of halogens is 1. The van der Waals surface area contributed by atoms with E-state index in [1.807, 2.05) is 22.8 Å². The molecule has 18 heavy (non-hydrogen) atoms. The summed E-state index contributed by atoms with van der Waals surface area (Å²) in [6, 6.07) is 5.55. The maximum Gasteiger partial charge on any atom is 0.223 e. The summed E-state index contributed by atoms with van der Waals surface area (Å²) in [5.74, 6) is 0.0771. The molecule has 96 valence electrons. The van der Waals surface area contributed by atoms with Crippen LogP contribution in [0.2, 0.25) is 5.02 Å². The van der Waals surface area contributed by atoms with E-state index in [9.17, 15) is 4.79 Å². The largest absolute Gasteiger partial charge is 0.349 e. The van der Waals surface area contributed by atoms with Crippen molar-refractivity contribution < 1.29 is 4.79 Å². The molecule has 0 aliphatic carbocycles. The van der Waals surface area contributed by atoms with Crippen LogP contribution in [0.25, 0.3) is 11.0 Å². The van der Waals surface area contributed by atoms with Crippen LogP contribution in [-0.4, -0.2) is 34.5 Å². The summed E-state index contributed by atoms with van der Waals surface area (Å²) < 4.78 is 2.51. The van der Waals surface area contributed by atoms with E-state index in [-0.39, 0.29) is 5.91 Å². The molecule has 2 aromatic rings. The number of nitrogens with one attached hydrogen (secondary N) is 1. The lowest BCUT2D eigenvalue weighted by atomic mass is 10.3. The van der Waals surface area contributed by atoms with Crippen molar-refractivity contribution >= 4 is 40.8 Å². The lowest BCUT2D eigenvalue weighted by Crippen LogP contribution is -2.22. The van der Waals surface area contributed by atoms with Crippen LogP contribution in [0.4, 0.5) is 0 Å². The number of imidazole rings is 1. The number of benzene rings is 1. The maximum atomic E-state index is 11.6. The molecule has 1 N–H and O–H groups in total. The summed E-state index contributed by atoms with van der Waals surface area (Å²) in [7, 11) is 3.49. The molecule has 0 unspecified atom stereocenters. The Kier molecular flexibility index (Phi) is 3.73. The quantitative estimate of drug-likeness (QED) is 0.880. The molecule has 1 aromatic heterocycles. The van der Waals surface area contributed by atoms with Gasteiger partial charge < -0.3 is 14.5 Å². The topological polar surface area (TPSA) is 41.0 Å². The standard InChI is InChI=1S/C12H14ClN3OS/c1-15(2)11(17)5-6-16-10-7-8(13)3-4-9(10)14-12(16)18/h3-4,7H,5-6H2,1-2H3,(H,14,18). The Bertz CT molecular complexity index is 644. The lowest BCUT2D eigenvalue weighted by Gasteiger charge is -2.10. The first kappa shape index (κ1) is 13.1. The summed E-state index contributed by atoms with van der Waals surface area (Å²) in [6.45, 7) is 0.552. The Morgan fingerprint density at radius 2 is 2.22 bits per heavy atom. The van der Waals surface area contributed by atoms with Crippen molar-refractivity contribution in [2.75, 3.05) is 14.1 Å². The van der Waals surface area contributed by atoms with E-state index in [4.69, 9.17) is 23.8 Å². The van der Waals surface area contributed by atoms with E-state index >= 15 is 0 Å². The van der Waals surface area contributed by atoms with Gasteiger partial charge in [0, 0.05) is 32.1 Å². The number of hydrogen-bond acceptors (Lipinski definition) is 2. The average Bonchev–Trinajstić information content (AvgIpc) is 2.61. The fourth-order valence-corrected chi connectivity index (χ4v) is 2.24. The fraction of sp³-hybridized carbons (Fsp3) is 0.333. The molecule has 0 fully saturated rings. The number of aromatic amines is 1. The maximum absolute atomic E-state index is 11.6. The number of nitrogens with zero attached hydrogens (tertiary/aromatic N) is 2. The van der Waals surface area contributed by atoms with E-state index in [1.54, 1.807) is 19.0 Å². The Labute approximate surface area is 115 Å². The van der Waals surface area contributed by atoms with Gasteiger partial charge in [-0.15, -0.1) is 0 Å². The van der Waals surface area contributed by atoms with Crippen LogP contribution in [0, 0.1) is 4.77 Å². The highest BCUT2D eigenvalue weighted by molar-refractivity contribution is 7.71. The molecular formula is C12H14ClN3OS. The third kappa shape index (κ3) is 2.57. The van der Waals surface area contributed by atoms with Gasteiger partial charge in [-0.3, -0.25) is 4.79 Å². The molecule has 1 heterocycles. The zero-order valence-corrected chi connectivity index (χ0v) is 11.8. The molecule has 0 atom stereocenters. The van der Waals surface area contributed by atoms with E-state index in [2.05, 4.69) is 4.98 Å². The monoisotopic (exact) mass is 283 g/mol. The summed E-state index contributed by atoms with van der Waals surface area (Å²) in [5.41, 5.74) is 1.86. The predicted molar refractivity (Wildman–Crippen MR) is 75.4 cm³/mol. The van der Waals surface area contributed by atoms with Crippen molar-refractivity contribution in [2.24, 2.45) is 0 Å². The molecule has 0 radical (unpaired) electrons. The van der Waals surface area contributed by atoms with Gasteiger partial charge in [-0.25, -0.2) is 0 Å². The zero-order valence-electron chi connectivity index (χ0n) is 10.2. The summed E-state index contributed by atoms with van der Waals surface area (Å²) in [5, 5.41) is 0.657. The molecule has 1 amide bonds. The Hall–Kier alpha value is -1.33. The number of rotatable bonds is 3. The van der Waals surface area contributed by atoms with Crippen molar-refractivity contribution in [1.82, 2.24) is 14.5 Å². The van der Waals surface area contributed by atoms with Crippen LogP contribution in [0.1, 0.15) is 6.42 Å². The number of carbonyl (C=O) groups is 1. The van der Waals surface area contributed by atoms with Gasteiger partial charge >= 0.3 is 0 Å². The second-order valence-electron chi connectivity index (χ2n) is 4.28. The van der Waals surface area contributed by atoms with Crippen molar-refractivity contribution in [3.63, 3.8) is 0 Å². The SMILES string of the molecule is CN(C)C(=O)CCn1c(=S)[nH]c2ccc(Cl)cc21. The van der Waals surface area contributed by atoms with Crippen LogP contribution >= 0.6 is 23.8 Å². The normalized spacial score (nSPS) is 10.8. The molecule has 1 aromatic carbocycles. The van der Waals surface area contributed by atoms with Gasteiger partial charge in [0.05, 0.1) is 11.0 Å². The number of aromatic nitrogens is 2. The number of hydrogen-bond donors (Lipinski definition) is 1. The van der Waals surface area contributed by atoms with E-state index < -0.39 is 0 Å². The third-order valence-corrected chi connectivity index (χ3v) is 3.34.